The number of rotatable bonds is 4. The molecule has 1 aromatic carbocycles. The summed E-state index contributed by atoms with van der Waals surface area (Å²) in [7, 11) is 0. The molecule has 13 heavy (non-hydrogen) atoms. The highest BCUT2D eigenvalue weighted by Gasteiger charge is 2.02. The largest absolute Gasteiger partial charge is 0.504 e. The zero-order chi connectivity index (χ0) is 13.3. The van der Waals surface area contributed by atoms with Gasteiger partial charge in [0.15, 0.2) is 11.5 Å². The van der Waals surface area contributed by atoms with Crippen LogP contribution in [0.3, 0.4) is 0 Å². The van der Waals surface area contributed by atoms with Crippen molar-refractivity contribution in [1.82, 2.24) is 0 Å². The van der Waals surface area contributed by atoms with Crippen LogP contribution in [0.1, 0.15) is 18.0 Å². The fourth-order valence-corrected chi connectivity index (χ4v) is 0.946. The zero-order valence-corrected chi connectivity index (χ0v) is 7.37. The summed E-state index contributed by atoms with van der Waals surface area (Å²) in [6, 6.07) is 3.79. The summed E-state index contributed by atoms with van der Waals surface area (Å²) in [5, 5.41) is 9.46. The van der Waals surface area contributed by atoms with Crippen molar-refractivity contribution in [1.29, 1.82) is 0 Å². The van der Waals surface area contributed by atoms with Crippen LogP contribution in [0.15, 0.2) is 18.2 Å². The number of ether oxygens (including phenoxy) is 1. The van der Waals surface area contributed by atoms with E-state index >= 15 is 0 Å². The molecule has 0 aliphatic heterocycles. The number of aryl methyl sites for hydroxylation is 1. The highest BCUT2D eigenvalue weighted by atomic mass is 16.5. The monoisotopic (exact) mass is 185 g/mol. The molecule has 0 saturated carbocycles. The molecule has 0 amide bonds. The standard InChI is InChI=1S/C10H15NO2/c1-2-13-10-7-8(5-6-11)3-4-9(10)12/h3-4,7,12H,2,5-6,11H2,1H3/i5D2,6D2. The van der Waals surface area contributed by atoms with E-state index in [4.69, 9.17) is 16.0 Å². The van der Waals surface area contributed by atoms with Gasteiger partial charge >= 0.3 is 0 Å². The minimum absolute atomic E-state index is 0.0197. The van der Waals surface area contributed by atoms with Gasteiger partial charge in [-0.1, -0.05) is 6.07 Å². The third-order valence-corrected chi connectivity index (χ3v) is 1.48. The molecule has 0 bridgehead atoms. The molecule has 72 valence electrons. The summed E-state index contributed by atoms with van der Waals surface area (Å²) in [6.07, 6.45) is -2.37. The molecule has 0 radical (unpaired) electrons. The van der Waals surface area contributed by atoms with Gasteiger partial charge in [-0.25, -0.2) is 0 Å². The van der Waals surface area contributed by atoms with Crippen molar-refractivity contribution in [3.63, 3.8) is 0 Å². The summed E-state index contributed by atoms with van der Waals surface area (Å²) >= 11 is 0. The number of phenolic OH excluding ortho intramolecular Hbond substituents is 1. The van der Waals surface area contributed by atoms with Crippen molar-refractivity contribution in [2.75, 3.05) is 13.1 Å². The minimum Gasteiger partial charge on any atom is -0.504 e. The maximum atomic E-state index is 9.46. The van der Waals surface area contributed by atoms with E-state index < -0.39 is 12.9 Å². The molecule has 0 saturated heterocycles. The first kappa shape index (κ1) is 5.50. The van der Waals surface area contributed by atoms with Crippen LogP contribution in [0.4, 0.5) is 0 Å². The summed E-state index contributed by atoms with van der Waals surface area (Å²) in [5.41, 5.74) is 5.18. The smallest absolute Gasteiger partial charge is 0.161 e. The molecule has 0 atom stereocenters. The van der Waals surface area contributed by atoms with Gasteiger partial charge in [0.2, 0.25) is 0 Å². The van der Waals surface area contributed by atoms with E-state index in [1.807, 2.05) is 0 Å². The van der Waals surface area contributed by atoms with Gasteiger partial charge in [0.1, 0.15) is 0 Å². The van der Waals surface area contributed by atoms with E-state index in [0.717, 1.165) is 0 Å². The topological polar surface area (TPSA) is 55.5 Å². The van der Waals surface area contributed by atoms with Crippen LogP contribution in [-0.4, -0.2) is 18.2 Å². The predicted molar refractivity (Wildman–Crippen MR) is 52.0 cm³/mol. The molecular weight excluding hydrogens is 166 g/mol. The summed E-state index contributed by atoms with van der Waals surface area (Å²) in [5.74, 6) is -0.0119. The lowest BCUT2D eigenvalue weighted by Gasteiger charge is -2.07. The number of phenols is 1. The number of aromatic hydroxyl groups is 1. The van der Waals surface area contributed by atoms with E-state index in [1.165, 1.54) is 18.2 Å². The second-order valence-electron chi connectivity index (χ2n) is 2.38. The second-order valence-corrected chi connectivity index (χ2v) is 2.38. The molecule has 3 nitrogen and oxygen atoms in total. The molecule has 0 unspecified atom stereocenters. The third-order valence-electron chi connectivity index (χ3n) is 1.48. The Morgan fingerprint density at radius 2 is 2.38 bits per heavy atom. The van der Waals surface area contributed by atoms with Crippen LogP contribution in [0, 0.1) is 0 Å². The van der Waals surface area contributed by atoms with Crippen molar-refractivity contribution in [2.24, 2.45) is 5.73 Å². The van der Waals surface area contributed by atoms with Gasteiger partial charge in [-0.3, -0.25) is 0 Å². The Morgan fingerprint density at radius 1 is 1.62 bits per heavy atom. The molecule has 0 spiro atoms. The van der Waals surface area contributed by atoms with Gasteiger partial charge in [0.25, 0.3) is 0 Å². The first-order valence-corrected chi connectivity index (χ1v) is 3.95. The zero-order valence-electron chi connectivity index (χ0n) is 11.4. The van der Waals surface area contributed by atoms with Gasteiger partial charge in [-0.05, 0) is 37.5 Å². The summed E-state index contributed by atoms with van der Waals surface area (Å²) in [6.45, 7) is -0.480. The van der Waals surface area contributed by atoms with E-state index in [0.29, 0.717) is 6.61 Å². The van der Waals surface area contributed by atoms with Crippen molar-refractivity contribution >= 4 is 0 Å². The van der Waals surface area contributed by atoms with Crippen molar-refractivity contribution < 1.29 is 15.3 Å². The molecule has 0 aliphatic carbocycles. The van der Waals surface area contributed by atoms with E-state index in [-0.39, 0.29) is 17.1 Å². The number of hydrogen-bond donors (Lipinski definition) is 2. The Kier molecular flexibility index (Phi) is 2.00. The fourth-order valence-electron chi connectivity index (χ4n) is 0.946. The lowest BCUT2D eigenvalue weighted by molar-refractivity contribution is 0.318. The summed E-state index contributed by atoms with van der Waals surface area (Å²) < 4.78 is 34.9. The van der Waals surface area contributed by atoms with Crippen molar-refractivity contribution in [3.8, 4) is 11.5 Å². The first-order chi connectivity index (χ1) is 7.70. The molecule has 0 fully saturated rings. The Morgan fingerprint density at radius 3 is 3.00 bits per heavy atom. The Bertz CT molecular complexity index is 404. The highest BCUT2D eigenvalue weighted by molar-refractivity contribution is 5.41. The Balaban J connectivity index is 3.20. The minimum atomic E-state index is -2.52. The third kappa shape index (κ3) is 2.63. The lowest BCUT2D eigenvalue weighted by Crippen LogP contribution is -2.03. The molecule has 3 heteroatoms. The average Bonchev–Trinajstić information content (AvgIpc) is 2.19. The molecule has 0 aliphatic rings. The van der Waals surface area contributed by atoms with Crippen molar-refractivity contribution in [3.05, 3.63) is 23.8 Å². The fraction of sp³-hybridized carbons (Fsp3) is 0.400. The van der Waals surface area contributed by atoms with E-state index in [2.05, 4.69) is 0 Å². The average molecular weight is 185 g/mol. The quantitative estimate of drug-likeness (QED) is 0.743. The maximum absolute atomic E-state index is 9.46. The van der Waals surface area contributed by atoms with Crippen LogP contribution in [-0.2, 0) is 6.37 Å². The molecule has 0 aromatic heterocycles. The normalized spacial score (nSPS) is 16.8. The lowest BCUT2D eigenvalue weighted by atomic mass is 10.1. The highest BCUT2D eigenvalue weighted by Crippen LogP contribution is 2.26. The van der Waals surface area contributed by atoms with E-state index in [1.54, 1.807) is 6.92 Å². The Labute approximate surface area is 83.8 Å². The Hall–Kier alpha value is -1.22. The van der Waals surface area contributed by atoms with E-state index in [9.17, 15) is 5.11 Å². The van der Waals surface area contributed by atoms with Crippen LogP contribution in [0.2, 0.25) is 0 Å². The number of nitrogens with two attached hydrogens (primary N) is 1. The number of hydrogen-bond acceptors (Lipinski definition) is 3. The summed E-state index contributed by atoms with van der Waals surface area (Å²) in [4.78, 5) is 0. The molecule has 1 rings (SSSR count). The van der Waals surface area contributed by atoms with Gasteiger partial charge in [-0.15, -0.1) is 0 Å². The van der Waals surface area contributed by atoms with Gasteiger partial charge in [0, 0.05) is 5.48 Å². The maximum Gasteiger partial charge on any atom is 0.161 e. The van der Waals surface area contributed by atoms with Crippen LogP contribution in [0.5, 0.6) is 11.5 Å². The van der Waals surface area contributed by atoms with Gasteiger partial charge < -0.3 is 15.6 Å². The molecular formula is C10H15NO2. The molecule has 0 heterocycles. The van der Waals surface area contributed by atoms with Crippen molar-refractivity contribution in [2.45, 2.75) is 13.3 Å². The van der Waals surface area contributed by atoms with Gasteiger partial charge in [-0.2, -0.15) is 0 Å². The van der Waals surface area contributed by atoms with Gasteiger partial charge in [0.05, 0.1) is 6.61 Å². The SMILES string of the molecule is [2H]C([2H])(N)C([2H])([2H])c1ccc(O)c(OCC)c1. The second kappa shape index (κ2) is 4.72. The predicted octanol–water partition coefficient (Wildman–Crippen LogP) is 1.29. The van der Waals surface area contributed by atoms with Crippen LogP contribution >= 0.6 is 0 Å². The molecule has 3 N–H and O–H groups in total. The number of benzene rings is 1. The first-order valence-electron chi connectivity index (χ1n) is 5.95. The van der Waals surface area contributed by atoms with Crippen LogP contribution < -0.4 is 10.5 Å². The molecule has 1 aromatic rings. The van der Waals surface area contributed by atoms with Crippen LogP contribution in [0.25, 0.3) is 0 Å².